The number of rotatable bonds is 5. The smallest absolute Gasteiger partial charge is 0.232 e. The number of hydrogen-bond donors (Lipinski definition) is 2. The molecule has 100 valence electrons. The van der Waals surface area contributed by atoms with Crippen molar-refractivity contribution in [2.45, 2.75) is 6.42 Å². The third-order valence-electron chi connectivity index (χ3n) is 2.15. The van der Waals surface area contributed by atoms with Crippen molar-refractivity contribution < 1.29 is 13.2 Å². The zero-order valence-corrected chi connectivity index (χ0v) is 11.2. The van der Waals surface area contributed by atoms with E-state index >= 15 is 0 Å². The number of aliphatic imine (C=N–C) groups is 1. The van der Waals surface area contributed by atoms with Gasteiger partial charge in [-0.3, -0.25) is 9.71 Å². The highest BCUT2D eigenvalue weighted by Gasteiger charge is 2.03. The molecule has 1 aromatic carbocycles. The largest absolute Gasteiger partial charge is 0.496 e. The standard InChI is InChI=1S/C11H17N3O3S/c1-17-10-6-4-3-5-9(10)7-8-13-11(12)14-18(2,15)16/h3-6H,7-8H2,1-2H3,(H3,12,13,14). The van der Waals surface area contributed by atoms with E-state index in [0.717, 1.165) is 17.6 Å². The number of para-hydroxylation sites is 1. The molecular formula is C11H17N3O3S. The fourth-order valence-electron chi connectivity index (χ4n) is 1.43. The van der Waals surface area contributed by atoms with Gasteiger partial charge in [-0.2, -0.15) is 0 Å². The fraction of sp³-hybridized carbons (Fsp3) is 0.364. The second-order valence-corrected chi connectivity index (χ2v) is 5.45. The van der Waals surface area contributed by atoms with Crippen LogP contribution in [0, 0.1) is 0 Å². The Hall–Kier alpha value is -1.76. The summed E-state index contributed by atoms with van der Waals surface area (Å²) < 4.78 is 29.1. The summed E-state index contributed by atoms with van der Waals surface area (Å²) >= 11 is 0. The highest BCUT2D eigenvalue weighted by Crippen LogP contribution is 2.17. The van der Waals surface area contributed by atoms with Crippen LogP contribution in [0.15, 0.2) is 29.3 Å². The third kappa shape index (κ3) is 5.05. The number of hydrogen-bond acceptors (Lipinski definition) is 4. The topological polar surface area (TPSA) is 93.8 Å². The maximum absolute atomic E-state index is 10.9. The highest BCUT2D eigenvalue weighted by atomic mass is 32.2. The molecule has 0 amide bonds. The van der Waals surface area contributed by atoms with E-state index in [2.05, 4.69) is 9.71 Å². The van der Waals surface area contributed by atoms with Crippen molar-refractivity contribution in [2.75, 3.05) is 19.9 Å². The first kappa shape index (κ1) is 14.3. The summed E-state index contributed by atoms with van der Waals surface area (Å²) in [6.45, 7) is 0.384. The van der Waals surface area contributed by atoms with Crippen LogP contribution in [0.4, 0.5) is 0 Å². The molecule has 0 radical (unpaired) electrons. The van der Waals surface area contributed by atoms with Gasteiger partial charge in [0, 0.05) is 6.54 Å². The molecule has 0 fully saturated rings. The lowest BCUT2D eigenvalue weighted by Crippen LogP contribution is -2.36. The molecule has 1 aromatic rings. The van der Waals surface area contributed by atoms with Gasteiger partial charge in [0.05, 0.1) is 13.4 Å². The molecule has 0 unspecified atom stereocenters. The Kier molecular flexibility index (Phi) is 4.96. The molecular weight excluding hydrogens is 254 g/mol. The number of benzene rings is 1. The molecule has 3 N–H and O–H groups in total. The van der Waals surface area contributed by atoms with Gasteiger partial charge in [0.1, 0.15) is 5.75 Å². The van der Waals surface area contributed by atoms with Crippen LogP contribution in [0.5, 0.6) is 5.75 Å². The predicted octanol–water partition coefficient (Wildman–Crippen LogP) is 0.102. The lowest BCUT2D eigenvalue weighted by molar-refractivity contribution is 0.410. The average Bonchev–Trinajstić information content (AvgIpc) is 2.27. The van der Waals surface area contributed by atoms with Gasteiger partial charge < -0.3 is 10.5 Å². The van der Waals surface area contributed by atoms with Crippen molar-refractivity contribution in [2.24, 2.45) is 10.7 Å². The van der Waals surface area contributed by atoms with E-state index < -0.39 is 10.0 Å². The van der Waals surface area contributed by atoms with Crippen LogP contribution in [0.25, 0.3) is 0 Å². The van der Waals surface area contributed by atoms with Crippen molar-refractivity contribution in [3.05, 3.63) is 29.8 Å². The van der Waals surface area contributed by atoms with Crippen LogP contribution in [-0.4, -0.2) is 34.3 Å². The SMILES string of the molecule is COc1ccccc1CCN=C(N)NS(C)(=O)=O. The van der Waals surface area contributed by atoms with Crippen molar-refractivity contribution in [3.63, 3.8) is 0 Å². The van der Waals surface area contributed by atoms with Crippen LogP contribution in [0.2, 0.25) is 0 Å². The van der Waals surface area contributed by atoms with Gasteiger partial charge in [0.2, 0.25) is 16.0 Å². The van der Waals surface area contributed by atoms with Gasteiger partial charge in [0.15, 0.2) is 0 Å². The molecule has 0 aliphatic rings. The molecule has 0 bridgehead atoms. The number of ether oxygens (including phenoxy) is 1. The van der Waals surface area contributed by atoms with Gasteiger partial charge >= 0.3 is 0 Å². The zero-order valence-electron chi connectivity index (χ0n) is 10.4. The Morgan fingerprint density at radius 1 is 1.44 bits per heavy atom. The summed E-state index contributed by atoms with van der Waals surface area (Å²) in [7, 11) is -1.76. The molecule has 0 aliphatic heterocycles. The van der Waals surface area contributed by atoms with Crippen LogP contribution >= 0.6 is 0 Å². The van der Waals surface area contributed by atoms with Crippen molar-refractivity contribution in [3.8, 4) is 5.75 Å². The number of guanidine groups is 1. The molecule has 0 saturated carbocycles. The van der Waals surface area contributed by atoms with Crippen LogP contribution in [0.3, 0.4) is 0 Å². The normalized spacial score (nSPS) is 12.2. The Balaban J connectivity index is 2.58. The lowest BCUT2D eigenvalue weighted by Gasteiger charge is -2.07. The van der Waals surface area contributed by atoms with Crippen LogP contribution in [-0.2, 0) is 16.4 Å². The van der Waals surface area contributed by atoms with E-state index in [1.54, 1.807) is 7.11 Å². The van der Waals surface area contributed by atoms with Gasteiger partial charge in [-0.25, -0.2) is 8.42 Å². The fourth-order valence-corrected chi connectivity index (χ4v) is 1.87. The van der Waals surface area contributed by atoms with Gasteiger partial charge in [-0.15, -0.1) is 0 Å². The molecule has 18 heavy (non-hydrogen) atoms. The molecule has 0 atom stereocenters. The molecule has 0 aromatic heterocycles. The molecule has 0 heterocycles. The average molecular weight is 271 g/mol. The summed E-state index contributed by atoms with van der Waals surface area (Å²) in [4.78, 5) is 3.93. The number of nitrogens with one attached hydrogen (secondary N) is 1. The summed E-state index contributed by atoms with van der Waals surface area (Å²) in [6.07, 6.45) is 1.64. The molecule has 0 saturated heterocycles. The van der Waals surface area contributed by atoms with E-state index in [9.17, 15) is 8.42 Å². The van der Waals surface area contributed by atoms with Crippen molar-refractivity contribution in [1.82, 2.24) is 4.72 Å². The predicted molar refractivity (Wildman–Crippen MR) is 71.2 cm³/mol. The summed E-state index contributed by atoms with van der Waals surface area (Å²) in [6, 6.07) is 7.57. The quantitative estimate of drug-likeness (QED) is 0.586. The first-order chi connectivity index (χ1) is 8.42. The summed E-state index contributed by atoms with van der Waals surface area (Å²) in [5.74, 6) is 0.676. The molecule has 0 spiro atoms. The van der Waals surface area contributed by atoms with E-state index in [4.69, 9.17) is 10.5 Å². The Labute approximate surface area is 107 Å². The number of methoxy groups -OCH3 is 1. The van der Waals surface area contributed by atoms with Crippen molar-refractivity contribution in [1.29, 1.82) is 0 Å². The van der Waals surface area contributed by atoms with E-state index in [1.807, 2.05) is 24.3 Å². The van der Waals surface area contributed by atoms with Crippen LogP contribution < -0.4 is 15.2 Å². The maximum atomic E-state index is 10.9. The van der Waals surface area contributed by atoms with Gasteiger partial charge in [-0.05, 0) is 18.1 Å². The first-order valence-corrected chi connectivity index (χ1v) is 7.21. The minimum atomic E-state index is -3.36. The third-order valence-corrected chi connectivity index (χ3v) is 2.73. The minimum Gasteiger partial charge on any atom is -0.496 e. The Morgan fingerprint density at radius 3 is 2.72 bits per heavy atom. The van der Waals surface area contributed by atoms with E-state index in [0.29, 0.717) is 13.0 Å². The molecule has 0 aliphatic carbocycles. The van der Waals surface area contributed by atoms with Crippen molar-refractivity contribution >= 4 is 16.0 Å². The second kappa shape index (κ2) is 6.25. The van der Waals surface area contributed by atoms with E-state index in [-0.39, 0.29) is 5.96 Å². The monoisotopic (exact) mass is 271 g/mol. The number of nitrogens with two attached hydrogens (primary N) is 1. The zero-order chi connectivity index (χ0) is 13.6. The summed E-state index contributed by atoms with van der Waals surface area (Å²) in [5, 5.41) is 0. The van der Waals surface area contributed by atoms with Crippen LogP contribution in [0.1, 0.15) is 5.56 Å². The second-order valence-electron chi connectivity index (χ2n) is 3.70. The molecule has 6 nitrogen and oxygen atoms in total. The highest BCUT2D eigenvalue weighted by molar-refractivity contribution is 7.89. The van der Waals surface area contributed by atoms with E-state index in [1.165, 1.54) is 0 Å². The van der Waals surface area contributed by atoms with Gasteiger partial charge in [0.25, 0.3) is 0 Å². The Bertz CT molecular complexity index is 526. The number of nitrogens with zero attached hydrogens (tertiary/aromatic N) is 1. The van der Waals surface area contributed by atoms with Gasteiger partial charge in [-0.1, -0.05) is 18.2 Å². The molecule has 1 rings (SSSR count). The lowest BCUT2D eigenvalue weighted by atomic mass is 10.1. The Morgan fingerprint density at radius 2 is 2.11 bits per heavy atom. The maximum Gasteiger partial charge on any atom is 0.232 e. The summed E-state index contributed by atoms with van der Waals surface area (Å²) in [5.41, 5.74) is 6.42. The minimum absolute atomic E-state index is 0.104. The molecule has 7 heteroatoms. The number of sulfonamides is 1. The first-order valence-electron chi connectivity index (χ1n) is 5.32.